The predicted octanol–water partition coefficient (Wildman–Crippen LogP) is -0.894. The third-order valence-electron chi connectivity index (χ3n) is 4.48. The number of nitrogens with two attached hydrogens (primary N) is 2. The minimum absolute atomic E-state index is 0.122. The van der Waals surface area contributed by atoms with Crippen LogP contribution < -0.4 is 22.1 Å². The first-order chi connectivity index (χ1) is 12.7. The van der Waals surface area contributed by atoms with Crippen LogP contribution in [-0.4, -0.2) is 53.2 Å². The molecule has 0 spiro atoms. The van der Waals surface area contributed by atoms with E-state index in [1.165, 1.54) is 4.90 Å². The van der Waals surface area contributed by atoms with Crippen LogP contribution in [0.3, 0.4) is 0 Å². The van der Waals surface area contributed by atoms with Crippen LogP contribution in [0.1, 0.15) is 25.8 Å². The fourth-order valence-electron chi connectivity index (χ4n) is 2.81. The van der Waals surface area contributed by atoms with Gasteiger partial charge in [0.05, 0.1) is 12.5 Å². The van der Waals surface area contributed by atoms with Crippen molar-refractivity contribution in [2.45, 2.75) is 44.8 Å². The second kappa shape index (κ2) is 8.63. The Labute approximate surface area is 157 Å². The number of hydrogen-bond acceptors (Lipinski definition) is 5. The van der Waals surface area contributed by atoms with Gasteiger partial charge in [0.15, 0.2) is 0 Å². The molecule has 1 aromatic carbocycles. The standard InChI is InChI=1S/C18H25N5O4/c1-10(21-17(26)11(2)23-8-7-14(19)18(23)27)16(25)22-13-5-3-12(4-6-13)9-15(20)24/h3-6,10-11,14H,7-9,19H2,1-2H3,(H2,20,24)(H,21,26)(H,22,25)/t10-,11-,14?/m0/s1. The highest BCUT2D eigenvalue weighted by Gasteiger charge is 2.35. The van der Waals surface area contributed by atoms with E-state index in [-0.39, 0.29) is 12.3 Å². The van der Waals surface area contributed by atoms with Crippen LogP contribution in [0.5, 0.6) is 0 Å². The van der Waals surface area contributed by atoms with E-state index >= 15 is 0 Å². The molecule has 146 valence electrons. The molecule has 0 radical (unpaired) electrons. The smallest absolute Gasteiger partial charge is 0.246 e. The lowest BCUT2D eigenvalue weighted by atomic mass is 10.1. The van der Waals surface area contributed by atoms with Gasteiger partial charge in [-0.1, -0.05) is 12.1 Å². The summed E-state index contributed by atoms with van der Waals surface area (Å²) in [5.41, 5.74) is 12.1. The Hall–Kier alpha value is -2.94. The highest BCUT2D eigenvalue weighted by atomic mass is 16.2. The average Bonchev–Trinajstić information content (AvgIpc) is 2.94. The minimum Gasteiger partial charge on any atom is -0.369 e. The molecular formula is C18H25N5O4. The van der Waals surface area contributed by atoms with E-state index in [2.05, 4.69) is 10.6 Å². The number of likely N-dealkylation sites (tertiary alicyclic amines) is 1. The molecule has 0 aliphatic carbocycles. The Balaban J connectivity index is 1.88. The largest absolute Gasteiger partial charge is 0.369 e. The Morgan fingerprint density at radius 1 is 1.19 bits per heavy atom. The third kappa shape index (κ3) is 5.27. The summed E-state index contributed by atoms with van der Waals surface area (Å²) in [7, 11) is 0. The van der Waals surface area contributed by atoms with Crippen LogP contribution in [0.2, 0.25) is 0 Å². The summed E-state index contributed by atoms with van der Waals surface area (Å²) in [5, 5.41) is 5.28. The number of primary amides is 1. The fraction of sp³-hybridized carbons (Fsp3) is 0.444. The molecule has 3 atom stereocenters. The zero-order valence-electron chi connectivity index (χ0n) is 15.4. The Bertz CT molecular complexity index is 734. The quantitative estimate of drug-likeness (QED) is 0.488. The molecule has 0 bridgehead atoms. The normalized spacial score (nSPS) is 18.7. The molecule has 1 aliphatic heterocycles. The highest BCUT2D eigenvalue weighted by molar-refractivity contribution is 5.98. The van der Waals surface area contributed by atoms with Gasteiger partial charge in [0.1, 0.15) is 12.1 Å². The monoisotopic (exact) mass is 375 g/mol. The predicted molar refractivity (Wildman–Crippen MR) is 99.3 cm³/mol. The average molecular weight is 375 g/mol. The fourth-order valence-corrected chi connectivity index (χ4v) is 2.81. The van der Waals surface area contributed by atoms with Crippen molar-refractivity contribution in [2.24, 2.45) is 11.5 Å². The van der Waals surface area contributed by atoms with Crippen LogP contribution in [-0.2, 0) is 25.6 Å². The maximum atomic E-state index is 12.3. The van der Waals surface area contributed by atoms with Crippen LogP contribution in [0.25, 0.3) is 0 Å². The van der Waals surface area contributed by atoms with Crippen molar-refractivity contribution < 1.29 is 19.2 Å². The number of nitrogens with one attached hydrogen (secondary N) is 2. The molecule has 1 unspecified atom stereocenters. The van der Waals surface area contributed by atoms with E-state index in [4.69, 9.17) is 11.5 Å². The first kappa shape index (κ1) is 20.4. The molecule has 1 heterocycles. The molecule has 0 saturated carbocycles. The number of anilines is 1. The van der Waals surface area contributed by atoms with E-state index < -0.39 is 35.8 Å². The molecule has 6 N–H and O–H groups in total. The van der Waals surface area contributed by atoms with E-state index in [0.29, 0.717) is 18.7 Å². The van der Waals surface area contributed by atoms with Gasteiger partial charge in [-0.05, 0) is 38.0 Å². The number of carbonyl (C=O) groups is 4. The maximum Gasteiger partial charge on any atom is 0.246 e. The van der Waals surface area contributed by atoms with Crippen molar-refractivity contribution in [1.82, 2.24) is 10.2 Å². The van der Waals surface area contributed by atoms with Crippen molar-refractivity contribution in [3.8, 4) is 0 Å². The third-order valence-corrected chi connectivity index (χ3v) is 4.48. The molecule has 1 aromatic rings. The van der Waals surface area contributed by atoms with Gasteiger partial charge in [-0.3, -0.25) is 19.2 Å². The molecule has 27 heavy (non-hydrogen) atoms. The van der Waals surface area contributed by atoms with E-state index in [9.17, 15) is 19.2 Å². The van der Waals surface area contributed by atoms with Gasteiger partial charge < -0.3 is 27.0 Å². The van der Waals surface area contributed by atoms with Crippen molar-refractivity contribution in [3.63, 3.8) is 0 Å². The first-order valence-corrected chi connectivity index (χ1v) is 8.73. The number of carbonyl (C=O) groups excluding carboxylic acids is 4. The summed E-state index contributed by atoms with van der Waals surface area (Å²) in [6.45, 7) is 3.58. The molecule has 1 saturated heterocycles. The zero-order valence-corrected chi connectivity index (χ0v) is 15.4. The zero-order chi connectivity index (χ0) is 20.1. The Morgan fingerprint density at radius 2 is 1.81 bits per heavy atom. The minimum atomic E-state index is -0.795. The summed E-state index contributed by atoms with van der Waals surface area (Å²) in [6, 6.07) is 4.61. The Morgan fingerprint density at radius 3 is 2.33 bits per heavy atom. The van der Waals surface area contributed by atoms with Gasteiger partial charge in [-0.25, -0.2) is 0 Å². The van der Waals surface area contributed by atoms with E-state index in [0.717, 1.165) is 5.56 Å². The topological polar surface area (TPSA) is 148 Å². The molecule has 2 rings (SSSR count). The second-order valence-corrected chi connectivity index (χ2v) is 6.66. The van der Waals surface area contributed by atoms with Gasteiger partial charge in [-0.15, -0.1) is 0 Å². The molecular weight excluding hydrogens is 350 g/mol. The van der Waals surface area contributed by atoms with Gasteiger partial charge in [0, 0.05) is 12.2 Å². The van der Waals surface area contributed by atoms with Gasteiger partial charge >= 0.3 is 0 Å². The molecule has 4 amide bonds. The van der Waals surface area contributed by atoms with Crippen LogP contribution in [0.4, 0.5) is 5.69 Å². The second-order valence-electron chi connectivity index (χ2n) is 6.66. The summed E-state index contributed by atoms with van der Waals surface area (Å²) in [4.78, 5) is 48.8. The molecule has 9 nitrogen and oxygen atoms in total. The lowest BCUT2D eigenvalue weighted by Gasteiger charge is -2.25. The lowest BCUT2D eigenvalue weighted by molar-refractivity contribution is -0.138. The first-order valence-electron chi connectivity index (χ1n) is 8.73. The van der Waals surface area contributed by atoms with Crippen LogP contribution >= 0.6 is 0 Å². The van der Waals surface area contributed by atoms with E-state index in [1.807, 2.05) is 0 Å². The molecule has 0 aromatic heterocycles. The molecule has 1 aliphatic rings. The summed E-state index contributed by atoms with van der Waals surface area (Å²) >= 11 is 0. The number of amides is 4. The van der Waals surface area contributed by atoms with Crippen molar-refractivity contribution in [2.75, 3.05) is 11.9 Å². The lowest BCUT2D eigenvalue weighted by Crippen LogP contribution is -2.51. The summed E-state index contributed by atoms with van der Waals surface area (Å²) < 4.78 is 0. The van der Waals surface area contributed by atoms with Crippen LogP contribution in [0.15, 0.2) is 24.3 Å². The number of rotatable bonds is 7. The SMILES string of the molecule is C[C@H](NC(=O)[C@H](C)N1CCC(N)C1=O)C(=O)Nc1ccc(CC(N)=O)cc1. The number of benzene rings is 1. The molecule has 1 fully saturated rings. The van der Waals surface area contributed by atoms with Gasteiger partial charge in [0.25, 0.3) is 0 Å². The number of nitrogens with zero attached hydrogens (tertiary/aromatic N) is 1. The van der Waals surface area contributed by atoms with Crippen molar-refractivity contribution >= 4 is 29.3 Å². The maximum absolute atomic E-state index is 12.3. The Kier molecular flexibility index (Phi) is 6.51. The molecule has 9 heteroatoms. The van der Waals surface area contributed by atoms with Gasteiger partial charge in [0.2, 0.25) is 23.6 Å². The van der Waals surface area contributed by atoms with Crippen LogP contribution in [0, 0.1) is 0 Å². The van der Waals surface area contributed by atoms with Gasteiger partial charge in [-0.2, -0.15) is 0 Å². The number of hydrogen-bond donors (Lipinski definition) is 4. The summed E-state index contributed by atoms with van der Waals surface area (Å²) in [5.74, 6) is -1.51. The van der Waals surface area contributed by atoms with Crippen molar-refractivity contribution in [3.05, 3.63) is 29.8 Å². The summed E-state index contributed by atoms with van der Waals surface area (Å²) in [6.07, 6.45) is 0.635. The van der Waals surface area contributed by atoms with Crippen molar-refractivity contribution in [1.29, 1.82) is 0 Å². The highest BCUT2D eigenvalue weighted by Crippen LogP contribution is 2.14. The van der Waals surface area contributed by atoms with E-state index in [1.54, 1.807) is 38.1 Å².